The van der Waals surface area contributed by atoms with Gasteiger partial charge in [0.05, 0.1) is 18.4 Å². The van der Waals surface area contributed by atoms with Crippen molar-refractivity contribution in [2.45, 2.75) is 18.9 Å². The van der Waals surface area contributed by atoms with Gasteiger partial charge in [0.25, 0.3) is 0 Å². The predicted molar refractivity (Wildman–Crippen MR) is 45.8 cm³/mol. The Balaban J connectivity index is 2.19. The molecule has 0 aromatic carbocycles. The van der Waals surface area contributed by atoms with Crippen LogP contribution in [-0.2, 0) is 9.53 Å². The van der Waals surface area contributed by atoms with Gasteiger partial charge in [-0.3, -0.25) is 4.79 Å². The number of ether oxygens (including phenoxy) is 1. The van der Waals surface area contributed by atoms with Gasteiger partial charge in [-0.15, -0.1) is 0 Å². The normalized spacial score (nSPS) is 24.6. The van der Waals surface area contributed by atoms with E-state index >= 15 is 0 Å². The Kier molecular flexibility index (Phi) is 3.72. The van der Waals surface area contributed by atoms with E-state index in [1.165, 1.54) is 0 Å². The zero-order valence-electron chi connectivity index (χ0n) is 6.38. The number of nitrogens with one attached hydrogen (secondary N) is 1. The summed E-state index contributed by atoms with van der Waals surface area (Å²) in [5.41, 5.74) is 0. The first-order valence-corrected chi connectivity index (χ1v) is 4.44. The van der Waals surface area contributed by atoms with E-state index in [-0.39, 0.29) is 17.7 Å². The van der Waals surface area contributed by atoms with Crippen molar-refractivity contribution in [2.24, 2.45) is 0 Å². The average Bonchev–Trinajstić information content (AvgIpc) is 2.06. The summed E-state index contributed by atoms with van der Waals surface area (Å²) in [4.78, 5) is 10.8. The van der Waals surface area contributed by atoms with Crippen molar-refractivity contribution in [3.8, 4) is 0 Å². The summed E-state index contributed by atoms with van der Waals surface area (Å²) >= 11 is 3.86. The van der Waals surface area contributed by atoms with Gasteiger partial charge < -0.3 is 10.1 Å². The minimum atomic E-state index is -0.0103. The van der Waals surface area contributed by atoms with Crippen LogP contribution in [-0.4, -0.2) is 30.9 Å². The lowest BCUT2D eigenvalue weighted by Crippen LogP contribution is -2.41. The first-order chi connectivity index (χ1) is 5.33. The van der Waals surface area contributed by atoms with Crippen LogP contribution in [0.4, 0.5) is 0 Å². The average molecular weight is 175 g/mol. The van der Waals surface area contributed by atoms with Gasteiger partial charge in [-0.2, -0.15) is 12.6 Å². The molecule has 0 spiro atoms. The van der Waals surface area contributed by atoms with Crippen molar-refractivity contribution < 1.29 is 9.53 Å². The molecular formula is C7H13NO2S. The van der Waals surface area contributed by atoms with Gasteiger partial charge in [0, 0.05) is 6.61 Å². The van der Waals surface area contributed by atoms with Crippen LogP contribution in [0.15, 0.2) is 0 Å². The molecule has 1 rings (SSSR count). The molecule has 64 valence electrons. The second kappa shape index (κ2) is 4.62. The number of hydrogen-bond acceptors (Lipinski definition) is 3. The first kappa shape index (κ1) is 8.87. The number of rotatable bonds is 2. The number of carbonyl (C=O) groups is 1. The molecule has 1 aliphatic heterocycles. The Morgan fingerprint density at radius 1 is 1.73 bits per heavy atom. The number of carbonyl (C=O) groups excluding carboxylic acids is 1. The summed E-state index contributed by atoms with van der Waals surface area (Å²) in [6.07, 6.45) is 2.07. The first-order valence-electron chi connectivity index (χ1n) is 3.81. The highest BCUT2D eigenvalue weighted by Gasteiger charge is 2.14. The molecule has 0 saturated carbocycles. The molecule has 0 aliphatic carbocycles. The van der Waals surface area contributed by atoms with Crippen LogP contribution in [0.5, 0.6) is 0 Å². The molecule has 1 saturated heterocycles. The molecule has 0 aromatic rings. The van der Waals surface area contributed by atoms with Crippen LogP contribution in [0.1, 0.15) is 12.8 Å². The highest BCUT2D eigenvalue weighted by Crippen LogP contribution is 2.05. The third-order valence-electron chi connectivity index (χ3n) is 1.67. The lowest BCUT2D eigenvalue weighted by Gasteiger charge is -2.22. The van der Waals surface area contributed by atoms with E-state index < -0.39 is 0 Å². The minimum absolute atomic E-state index is 0.0103. The topological polar surface area (TPSA) is 38.3 Å². The van der Waals surface area contributed by atoms with Gasteiger partial charge in [0.1, 0.15) is 0 Å². The van der Waals surface area contributed by atoms with E-state index in [1.54, 1.807) is 0 Å². The fourth-order valence-electron chi connectivity index (χ4n) is 1.13. The standard InChI is InChI=1S/C7H13NO2S/c9-7(5-11)8-6-2-1-3-10-4-6/h6,11H,1-5H2,(H,8,9). The van der Waals surface area contributed by atoms with Crippen LogP contribution in [0.2, 0.25) is 0 Å². The monoisotopic (exact) mass is 175 g/mol. The van der Waals surface area contributed by atoms with Crippen LogP contribution in [0.3, 0.4) is 0 Å². The zero-order chi connectivity index (χ0) is 8.10. The van der Waals surface area contributed by atoms with Gasteiger partial charge >= 0.3 is 0 Å². The van der Waals surface area contributed by atoms with Crippen molar-refractivity contribution >= 4 is 18.5 Å². The van der Waals surface area contributed by atoms with E-state index in [0.29, 0.717) is 6.61 Å². The predicted octanol–water partition coefficient (Wildman–Crippen LogP) is 0.211. The molecule has 1 aliphatic rings. The van der Waals surface area contributed by atoms with Crippen molar-refractivity contribution in [2.75, 3.05) is 19.0 Å². The van der Waals surface area contributed by atoms with Gasteiger partial charge in [-0.1, -0.05) is 0 Å². The van der Waals surface area contributed by atoms with Crippen molar-refractivity contribution in [3.63, 3.8) is 0 Å². The van der Waals surface area contributed by atoms with Gasteiger partial charge in [0.2, 0.25) is 5.91 Å². The largest absolute Gasteiger partial charge is 0.379 e. The SMILES string of the molecule is O=C(CS)NC1CCCOC1. The summed E-state index contributed by atoms with van der Waals surface area (Å²) in [5.74, 6) is 0.250. The maximum absolute atomic E-state index is 10.8. The van der Waals surface area contributed by atoms with Crippen LogP contribution < -0.4 is 5.32 Å². The molecule has 1 atom stereocenters. The molecule has 1 fully saturated rings. The zero-order valence-corrected chi connectivity index (χ0v) is 7.27. The maximum Gasteiger partial charge on any atom is 0.230 e. The highest BCUT2D eigenvalue weighted by molar-refractivity contribution is 7.81. The molecule has 1 heterocycles. The van der Waals surface area contributed by atoms with E-state index in [1.807, 2.05) is 0 Å². The molecular weight excluding hydrogens is 162 g/mol. The fraction of sp³-hybridized carbons (Fsp3) is 0.857. The van der Waals surface area contributed by atoms with Gasteiger partial charge in [-0.25, -0.2) is 0 Å². The van der Waals surface area contributed by atoms with E-state index in [0.717, 1.165) is 19.4 Å². The second-order valence-electron chi connectivity index (χ2n) is 2.64. The summed E-state index contributed by atoms with van der Waals surface area (Å²) in [5, 5.41) is 2.83. The summed E-state index contributed by atoms with van der Waals surface area (Å²) in [7, 11) is 0. The smallest absolute Gasteiger partial charge is 0.230 e. The lowest BCUT2D eigenvalue weighted by molar-refractivity contribution is -0.120. The van der Waals surface area contributed by atoms with Gasteiger partial charge in [-0.05, 0) is 12.8 Å². The van der Waals surface area contributed by atoms with E-state index in [2.05, 4.69) is 17.9 Å². The lowest BCUT2D eigenvalue weighted by atomic mass is 10.1. The van der Waals surface area contributed by atoms with Crippen molar-refractivity contribution in [3.05, 3.63) is 0 Å². The summed E-state index contributed by atoms with van der Waals surface area (Å²) in [6, 6.07) is 0.211. The van der Waals surface area contributed by atoms with Crippen molar-refractivity contribution in [1.29, 1.82) is 0 Å². The molecule has 11 heavy (non-hydrogen) atoms. The molecule has 0 bridgehead atoms. The van der Waals surface area contributed by atoms with Crippen molar-refractivity contribution in [1.82, 2.24) is 5.32 Å². The number of thiol groups is 1. The van der Waals surface area contributed by atoms with Crippen LogP contribution in [0, 0.1) is 0 Å². The highest BCUT2D eigenvalue weighted by atomic mass is 32.1. The van der Waals surface area contributed by atoms with Gasteiger partial charge in [0.15, 0.2) is 0 Å². The number of amides is 1. The maximum atomic E-state index is 10.8. The third-order valence-corrected chi connectivity index (χ3v) is 1.96. The summed E-state index contributed by atoms with van der Waals surface area (Å²) in [6.45, 7) is 1.48. The molecule has 1 amide bonds. The Morgan fingerprint density at radius 2 is 2.55 bits per heavy atom. The minimum Gasteiger partial charge on any atom is -0.379 e. The third kappa shape index (κ3) is 3.12. The second-order valence-corrected chi connectivity index (χ2v) is 2.96. The van der Waals surface area contributed by atoms with Crippen LogP contribution in [0.25, 0.3) is 0 Å². The van der Waals surface area contributed by atoms with Crippen LogP contribution >= 0.6 is 12.6 Å². The molecule has 1 N–H and O–H groups in total. The summed E-state index contributed by atoms with van der Waals surface area (Å²) < 4.78 is 5.19. The molecule has 4 heteroatoms. The molecule has 0 aromatic heterocycles. The number of hydrogen-bond donors (Lipinski definition) is 2. The quantitative estimate of drug-likeness (QED) is 0.589. The molecule has 1 unspecified atom stereocenters. The van der Waals surface area contributed by atoms with E-state index in [4.69, 9.17) is 4.74 Å². The molecule has 3 nitrogen and oxygen atoms in total. The Hall–Kier alpha value is -0.220. The fourth-order valence-corrected chi connectivity index (χ4v) is 1.22. The Labute approximate surface area is 71.9 Å². The Bertz CT molecular complexity index is 134. The molecule has 0 radical (unpaired) electrons. The van der Waals surface area contributed by atoms with E-state index in [9.17, 15) is 4.79 Å². The Morgan fingerprint density at radius 3 is 3.09 bits per heavy atom.